The van der Waals surface area contributed by atoms with Gasteiger partial charge in [0.2, 0.25) is 0 Å². The molecule has 2 rings (SSSR count). The summed E-state index contributed by atoms with van der Waals surface area (Å²) in [5, 5.41) is 1.21. The van der Waals surface area contributed by atoms with E-state index >= 15 is 0 Å². The van der Waals surface area contributed by atoms with Crippen molar-refractivity contribution >= 4 is 10.9 Å². The molecule has 2 N–H and O–H groups in total. The number of fused-ring (bicyclic) bond motifs is 1. The highest BCUT2D eigenvalue weighted by atomic mass is 16.5. The first kappa shape index (κ1) is 13.8. The van der Waals surface area contributed by atoms with E-state index in [0.717, 1.165) is 23.4 Å². The number of ether oxygens (including phenoxy) is 1. The average Bonchev–Trinajstić information content (AvgIpc) is 2.38. The molecule has 1 aromatic carbocycles. The fraction of sp³-hybridized carbons (Fsp3) is 0.438. The zero-order chi connectivity index (χ0) is 14.0. The highest BCUT2D eigenvalue weighted by molar-refractivity contribution is 5.90. The minimum atomic E-state index is 0.470. The predicted octanol–water partition coefficient (Wildman–Crippen LogP) is 3.00. The van der Waals surface area contributed by atoms with Crippen LogP contribution in [0.5, 0.6) is 5.75 Å². The summed E-state index contributed by atoms with van der Waals surface area (Å²) in [6.45, 7) is 7.02. The summed E-state index contributed by atoms with van der Waals surface area (Å²) in [5.74, 6) is 1.31. The van der Waals surface area contributed by atoms with Gasteiger partial charge in [-0.3, -0.25) is 0 Å². The van der Waals surface area contributed by atoms with Gasteiger partial charge in [-0.05, 0) is 56.0 Å². The molecule has 0 saturated carbocycles. The third-order valence-corrected chi connectivity index (χ3v) is 3.53. The van der Waals surface area contributed by atoms with Crippen LogP contribution >= 0.6 is 0 Å². The Bertz CT molecular complexity index is 593. The molecule has 0 aliphatic heterocycles. The van der Waals surface area contributed by atoms with Gasteiger partial charge in [-0.2, -0.15) is 0 Å². The number of aryl methyl sites for hydroxylation is 2. The zero-order valence-electron chi connectivity index (χ0n) is 12.2. The van der Waals surface area contributed by atoms with Gasteiger partial charge in [-0.25, -0.2) is 4.98 Å². The van der Waals surface area contributed by atoms with Crippen LogP contribution in [0.1, 0.15) is 23.7 Å². The summed E-state index contributed by atoms with van der Waals surface area (Å²) < 4.78 is 5.44. The van der Waals surface area contributed by atoms with Crippen molar-refractivity contribution in [3.63, 3.8) is 0 Å². The Morgan fingerprint density at radius 3 is 2.68 bits per heavy atom. The lowest BCUT2D eigenvalue weighted by Gasteiger charge is -2.15. The predicted molar refractivity (Wildman–Crippen MR) is 79.7 cm³/mol. The van der Waals surface area contributed by atoms with Crippen LogP contribution in [-0.4, -0.2) is 18.6 Å². The van der Waals surface area contributed by atoms with Gasteiger partial charge in [0, 0.05) is 11.1 Å². The Kier molecular flexibility index (Phi) is 4.05. The summed E-state index contributed by atoms with van der Waals surface area (Å²) in [4.78, 5) is 4.64. The quantitative estimate of drug-likeness (QED) is 0.917. The minimum Gasteiger partial charge on any atom is -0.494 e. The highest BCUT2D eigenvalue weighted by Crippen LogP contribution is 2.31. The molecule has 19 heavy (non-hydrogen) atoms. The Balaban J connectivity index is 2.66. The molecular formula is C16H22N2O. The molecule has 0 aliphatic carbocycles. The standard InChI is InChI=1S/C16H22N2O/c1-10(9-17)7-13-5-6-14(19-4)16-15(13)11(2)8-12(3)18-16/h5-6,8,10H,7,9,17H2,1-4H3. The maximum Gasteiger partial charge on any atom is 0.145 e. The van der Waals surface area contributed by atoms with Crippen molar-refractivity contribution in [1.29, 1.82) is 0 Å². The first-order chi connectivity index (χ1) is 9.06. The number of aromatic nitrogens is 1. The molecule has 0 spiro atoms. The molecule has 1 aromatic heterocycles. The smallest absolute Gasteiger partial charge is 0.145 e. The number of nitrogens with two attached hydrogens (primary N) is 1. The SMILES string of the molecule is COc1ccc(CC(C)CN)c2c(C)cc(C)nc12. The molecule has 3 heteroatoms. The Labute approximate surface area is 114 Å². The van der Waals surface area contributed by atoms with E-state index in [1.54, 1.807) is 7.11 Å². The number of hydrogen-bond donors (Lipinski definition) is 1. The van der Waals surface area contributed by atoms with Crippen LogP contribution < -0.4 is 10.5 Å². The van der Waals surface area contributed by atoms with Gasteiger partial charge in [0.05, 0.1) is 7.11 Å². The molecule has 0 fully saturated rings. The topological polar surface area (TPSA) is 48.1 Å². The molecule has 3 nitrogen and oxygen atoms in total. The van der Waals surface area contributed by atoms with E-state index < -0.39 is 0 Å². The van der Waals surface area contributed by atoms with Crippen molar-refractivity contribution in [3.05, 3.63) is 35.0 Å². The van der Waals surface area contributed by atoms with Crippen LogP contribution in [0.25, 0.3) is 10.9 Å². The summed E-state index contributed by atoms with van der Waals surface area (Å²) in [7, 11) is 1.69. The third kappa shape index (κ3) is 2.71. The summed E-state index contributed by atoms with van der Waals surface area (Å²) in [6, 6.07) is 6.27. The second kappa shape index (κ2) is 5.57. The molecule has 1 unspecified atom stereocenters. The zero-order valence-corrected chi connectivity index (χ0v) is 12.2. The molecule has 1 atom stereocenters. The maximum atomic E-state index is 5.74. The summed E-state index contributed by atoms with van der Waals surface area (Å²) >= 11 is 0. The van der Waals surface area contributed by atoms with Crippen LogP contribution in [0, 0.1) is 19.8 Å². The average molecular weight is 258 g/mol. The van der Waals surface area contributed by atoms with E-state index in [4.69, 9.17) is 10.5 Å². The molecule has 0 amide bonds. The summed E-state index contributed by atoms with van der Waals surface area (Å²) in [6.07, 6.45) is 0.975. The molecule has 0 saturated heterocycles. The van der Waals surface area contributed by atoms with Gasteiger partial charge in [0.25, 0.3) is 0 Å². The van der Waals surface area contributed by atoms with Crippen molar-refractivity contribution < 1.29 is 4.74 Å². The van der Waals surface area contributed by atoms with E-state index in [2.05, 4.69) is 31.0 Å². The van der Waals surface area contributed by atoms with Crippen LogP contribution in [0.2, 0.25) is 0 Å². The van der Waals surface area contributed by atoms with E-state index in [-0.39, 0.29) is 0 Å². The van der Waals surface area contributed by atoms with Crippen molar-refractivity contribution in [1.82, 2.24) is 4.98 Å². The van der Waals surface area contributed by atoms with E-state index in [9.17, 15) is 0 Å². The van der Waals surface area contributed by atoms with Crippen LogP contribution in [0.3, 0.4) is 0 Å². The molecule has 0 bridgehead atoms. The third-order valence-electron chi connectivity index (χ3n) is 3.53. The van der Waals surface area contributed by atoms with Gasteiger partial charge in [0.15, 0.2) is 0 Å². The molecule has 2 aromatic rings. The molecule has 102 valence electrons. The second-order valence-corrected chi connectivity index (χ2v) is 5.28. The number of pyridine rings is 1. The first-order valence-corrected chi connectivity index (χ1v) is 6.70. The Hall–Kier alpha value is -1.61. The van der Waals surface area contributed by atoms with Crippen molar-refractivity contribution in [2.45, 2.75) is 27.2 Å². The van der Waals surface area contributed by atoms with Crippen LogP contribution in [0.4, 0.5) is 0 Å². The van der Waals surface area contributed by atoms with Gasteiger partial charge in [-0.1, -0.05) is 13.0 Å². The first-order valence-electron chi connectivity index (χ1n) is 6.70. The maximum absolute atomic E-state index is 5.74. The fourth-order valence-corrected chi connectivity index (χ4v) is 2.55. The fourth-order valence-electron chi connectivity index (χ4n) is 2.55. The van der Waals surface area contributed by atoms with E-state index in [1.165, 1.54) is 16.5 Å². The monoisotopic (exact) mass is 258 g/mol. The lowest BCUT2D eigenvalue weighted by molar-refractivity contribution is 0.418. The largest absolute Gasteiger partial charge is 0.494 e. The number of hydrogen-bond acceptors (Lipinski definition) is 3. The number of methoxy groups -OCH3 is 1. The Morgan fingerprint density at radius 2 is 2.05 bits per heavy atom. The lowest BCUT2D eigenvalue weighted by atomic mass is 9.95. The van der Waals surface area contributed by atoms with Crippen LogP contribution in [-0.2, 0) is 6.42 Å². The van der Waals surface area contributed by atoms with E-state index in [0.29, 0.717) is 12.5 Å². The van der Waals surface area contributed by atoms with Crippen molar-refractivity contribution in [2.75, 3.05) is 13.7 Å². The second-order valence-electron chi connectivity index (χ2n) is 5.28. The van der Waals surface area contributed by atoms with Gasteiger partial charge in [0.1, 0.15) is 11.3 Å². The molecule has 1 heterocycles. The summed E-state index contributed by atoms with van der Waals surface area (Å²) in [5.41, 5.74) is 10.3. The lowest BCUT2D eigenvalue weighted by Crippen LogP contribution is -2.13. The van der Waals surface area contributed by atoms with Crippen LogP contribution in [0.15, 0.2) is 18.2 Å². The van der Waals surface area contributed by atoms with Crippen molar-refractivity contribution in [3.8, 4) is 5.75 Å². The number of nitrogens with zero attached hydrogens (tertiary/aromatic N) is 1. The molecule has 0 aliphatic rings. The van der Waals surface area contributed by atoms with Crippen molar-refractivity contribution in [2.24, 2.45) is 11.7 Å². The number of benzene rings is 1. The molecular weight excluding hydrogens is 236 g/mol. The highest BCUT2D eigenvalue weighted by Gasteiger charge is 2.12. The van der Waals surface area contributed by atoms with Gasteiger partial charge in [-0.15, -0.1) is 0 Å². The minimum absolute atomic E-state index is 0.470. The van der Waals surface area contributed by atoms with Gasteiger partial charge < -0.3 is 10.5 Å². The van der Waals surface area contributed by atoms with Gasteiger partial charge >= 0.3 is 0 Å². The number of rotatable bonds is 4. The molecule has 0 radical (unpaired) electrons. The normalized spacial score (nSPS) is 12.7. The van der Waals surface area contributed by atoms with E-state index in [1.807, 2.05) is 13.0 Å². The Morgan fingerprint density at radius 1 is 1.32 bits per heavy atom.